The van der Waals surface area contributed by atoms with Gasteiger partial charge in [-0.1, -0.05) is 42.5 Å². The van der Waals surface area contributed by atoms with Crippen molar-refractivity contribution >= 4 is 18.3 Å². The van der Waals surface area contributed by atoms with Gasteiger partial charge in [0.2, 0.25) is 0 Å². The van der Waals surface area contributed by atoms with Crippen LogP contribution in [0.1, 0.15) is 5.56 Å². The van der Waals surface area contributed by atoms with Crippen LogP contribution in [0.2, 0.25) is 0 Å². The molecule has 0 aliphatic carbocycles. The van der Waals surface area contributed by atoms with E-state index in [1.165, 1.54) is 16.5 Å². The Hall–Kier alpha value is -1.56. The van der Waals surface area contributed by atoms with Crippen molar-refractivity contribution in [3.05, 3.63) is 66.0 Å². The predicted octanol–water partition coefficient (Wildman–Crippen LogP) is 2.05. The molecular formula is C20H26FN2OS+. The number of anilines is 1. The van der Waals surface area contributed by atoms with Gasteiger partial charge in [-0.05, 0) is 17.7 Å². The van der Waals surface area contributed by atoms with Gasteiger partial charge in [-0.25, -0.2) is 4.39 Å². The Labute approximate surface area is 154 Å². The minimum atomic E-state index is -0.132. The van der Waals surface area contributed by atoms with Crippen LogP contribution in [-0.4, -0.2) is 44.6 Å². The maximum Gasteiger partial charge on any atom is 0.146 e. The zero-order valence-corrected chi connectivity index (χ0v) is 15.3. The molecule has 1 fully saturated rings. The number of halogens is 1. The zero-order valence-electron chi connectivity index (χ0n) is 14.4. The average Bonchev–Trinajstić information content (AvgIpc) is 2.64. The van der Waals surface area contributed by atoms with Crippen molar-refractivity contribution in [3.8, 4) is 0 Å². The van der Waals surface area contributed by atoms with Crippen molar-refractivity contribution in [2.24, 2.45) is 0 Å². The Bertz CT molecular complexity index is 647. The summed E-state index contributed by atoms with van der Waals surface area (Å²) in [6, 6.07) is 17.2. The summed E-state index contributed by atoms with van der Waals surface area (Å²) < 4.78 is 19.7. The first-order chi connectivity index (χ1) is 12.2. The first-order valence-electron chi connectivity index (χ1n) is 8.85. The molecule has 3 rings (SSSR count). The van der Waals surface area contributed by atoms with Crippen molar-refractivity contribution in [1.82, 2.24) is 0 Å². The number of quaternary nitrogens is 1. The molecule has 1 unspecified atom stereocenters. The molecular weight excluding hydrogens is 335 g/mol. The van der Waals surface area contributed by atoms with Crippen molar-refractivity contribution in [2.75, 3.05) is 44.2 Å². The SMILES string of the molecule is Fc1ccccc1N1CC[NH+](CC(S)COCc2ccccc2)CC1. The second-order valence-corrected chi connectivity index (χ2v) is 7.28. The fraction of sp³-hybridized carbons (Fsp3) is 0.400. The molecule has 0 bridgehead atoms. The summed E-state index contributed by atoms with van der Waals surface area (Å²) in [5, 5.41) is 0.221. The Kier molecular flexibility index (Phi) is 6.73. The summed E-state index contributed by atoms with van der Waals surface area (Å²) in [7, 11) is 0. The molecule has 0 saturated carbocycles. The largest absolute Gasteiger partial charge is 0.375 e. The molecule has 0 aromatic heterocycles. The number of piperazine rings is 1. The van der Waals surface area contributed by atoms with E-state index in [1.807, 2.05) is 30.3 Å². The number of rotatable bonds is 7. The van der Waals surface area contributed by atoms with Gasteiger partial charge in [0.1, 0.15) is 5.82 Å². The molecule has 5 heteroatoms. The number of para-hydroxylation sites is 1. The van der Waals surface area contributed by atoms with Gasteiger partial charge < -0.3 is 14.5 Å². The van der Waals surface area contributed by atoms with Crippen molar-refractivity contribution in [1.29, 1.82) is 0 Å². The van der Waals surface area contributed by atoms with Gasteiger partial charge in [0.15, 0.2) is 0 Å². The second kappa shape index (κ2) is 9.22. The maximum absolute atomic E-state index is 13.9. The lowest BCUT2D eigenvalue weighted by molar-refractivity contribution is -0.900. The van der Waals surface area contributed by atoms with Gasteiger partial charge in [-0.15, -0.1) is 0 Å². The topological polar surface area (TPSA) is 16.9 Å². The van der Waals surface area contributed by atoms with Gasteiger partial charge >= 0.3 is 0 Å². The fourth-order valence-corrected chi connectivity index (χ4v) is 3.62. The molecule has 1 atom stereocenters. The van der Waals surface area contributed by atoms with Gasteiger partial charge in [0.05, 0.1) is 56.9 Å². The van der Waals surface area contributed by atoms with Gasteiger partial charge in [0.25, 0.3) is 0 Å². The van der Waals surface area contributed by atoms with E-state index in [2.05, 4.69) is 29.7 Å². The van der Waals surface area contributed by atoms with Crippen LogP contribution in [0.25, 0.3) is 0 Å². The number of thiol groups is 1. The van der Waals surface area contributed by atoms with E-state index in [-0.39, 0.29) is 11.1 Å². The van der Waals surface area contributed by atoms with E-state index < -0.39 is 0 Å². The molecule has 25 heavy (non-hydrogen) atoms. The van der Waals surface area contributed by atoms with E-state index in [4.69, 9.17) is 4.74 Å². The minimum Gasteiger partial charge on any atom is -0.375 e. The molecule has 134 valence electrons. The quantitative estimate of drug-likeness (QED) is 0.735. The van der Waals surface area contributed by atoms with E-state index in [9.17, 15) is 4.39 Å². The van der Waals surface area contributed by atoms with Crippen LogP contribution in [0.4, 0.5) is 10.1 Å². The summed E-state index contributed by atoms with van der Waals surface area (Å²) in [5.74, 6) is -0.132. The van der Waals surface area contributed by atoms with Crippen LogP contribution in [0.15, 0.2) is 54.6 Å². The molecule has 0 amide bonds. The van der Waals surface area contributed by atoms with Crippen LogP contribution < -0.4 is 9.80 Å². The zero-order chi connectivity index (χ0) is 17.5. The summed E-state index contributed by atoms with van der Waals surface area (Å²) in [4.78, 5) is 3.65. The van der Waals surface area contributed by atoms with Crippen LogP contribution in [0.5, 0.6) is 0 Å². The third-order valence-corrected chi connectivity index (χ3v) is 4.94. The van der Waals surface area contributed by atoms with E-state index in [1.54, 1.807) is 6.07 Å². The smallest absolute Gasteiger partial charge is 0.146 e. The lowest BCUT2D eigenvalue weighted by atomic mass is 10.2. The molecule has 1 N–H and O–H groups in total. The Morgan fingerprint density at radius 3 is 2.44 bits per heavy atom. The molecule has 3 nitrogen and oxygen atoms in total. The van der Waals surface area contributed by atoms with Crippen molar-refractivity contribution in [3.63, 3.8) is 0 Å². The second-order valence-electron chi connectivity index (χ2n) is 6.55. The third-order valence-electron chi connectivity index (χ3n) is 4.61. The maximum atomic E-state index is 13.9. The number of benzene rings is 2. The lowest BCUT2D eigenvalue weighted by Gasteiger charge is -2.34. The van der Waals surface area contributed by atoms with Crippen LogP contribution in [0.3, 0.4) is 0 Å². The Morgan fingerprint density at radius 1 is 1.04 bits per heavy atom. The molecule has 1 aliphatic heterocycles. The highest BCUT2D eigenvalue weighted by atomic mass is 32.1. The predicted molar refractivity (Wildman–Crippen MR) is 103 cm³/mol. The minimum absolute atomic E-state index is 0.132. The monoisotopic (exact) mass is 361 g/mol. The summed E-state index contributed by atoms with van der Waals surface area (Å²) >= 11 is 4.68. The van der Waals surface area contributed by atoms with Crippen LogP contribution in [0, 0.1) is 5.82 Å². The normalized spacial score (nSPS) is 16.8. The van der Waals surface area contributed by atoms with E-state index in [0.29, 0.717) is 13.2 Å². The molecule has 1 aliphatic rings. The number of nitrogens with one attached hydrogen (secondary N) is 1. The van der Waals surface area contributed by atoms with Crippen LogP contribution >= 0.6 is 12.6 Å². The van der Waals surface area contributed by atoms with Gasteiger partial charge in [-0.3, -0.25) is 0 Å². The third kappa shape index (κ3) is 5.46. The first-order valence-corrected chi connectivity index (χ1v) is 9.37. The van der Waals surface area contributed by atoms with E-state index >= 15 is 0 Å². The number of ether oxygens (including phenoxy) is 1. The number of hydrogen-bond acceptors (Lipinski definition) is 3. The molecule has 0 radical (unpaired) electrons. The molecule has 0 spiro atoms. The van der Waals surface area contributed by atoms with Crippen molar-refractivity contribution in [2.45, 2.75) is 11.9 Å². The number of nitrogens with zero attached hydrogens (tertiary/aromatic N) is 1. The van der Waals surface area contributed by atoms with Gasteiger partial charge in [0, 0.05) is 0 Å². The lowest BCUT2D eigenvalue weighted by Crippen LogP contribution is -3.15. The summed E-state index contributed by atoms with van der Waals surface area (Å²) in [5.41, 5.74) is 1.91. The van der Waals surface area contributed by atoms with Crippen molar-refractivity contribution < 1.29 is 14.0 Å². The summed E-state index contributed by atoms with van der Waals surface area (Å²) in [6.45, 7) is 6.02. The Morgan fingerprint density at radius 2 is 1.72 bits per heavy atom. The fourth-order valence-electron chi connectivity index (χ4n) is 3.26. The first kappa shape index (κ1) is 18.2. The summed E-state index contributed by atoms with van der Waals surface area (Å²) in [6.07, 6.45) is 0. The molecule has 2 aromatic carbocycles. The highest BCUT2D eigenvalue weighted by Crippen LogP contribution is 2.18. The Balaban J connectivity index is 1.38. The highest BCUT2D eigenvalue weighted by molar-refractivity contribution is 7.81. The molecule has 1 heterocycles. The average molecular weight is 362 g/mol. The van der Waals surface area contributed by atoms with Gasteiger partial charge in [-0.2, -0.15) is 12.6 Å². The standard InChI is InChI=1S/C20H25FN2OS/c21-19-8-4-5-9-20(19)23-12-10-22(11-13-23)14-18(25)16-24-15-17-6-2-1-3-7-17/h1-9,18,25H,10-16H2/p+1. The molecule has 2 aromatic rings. The highest BCUT2D eigenvalue weighted by Gasteiger charge is 2.23. The van der Waals surface area contributed by atoms with Crippen LogP contribution in [-0.2, 0) is 11.3 Å². The number of hydrogen-bond donors (Lipinski definition) is 2. The van der Waals surface area contributed by atoms with E-state index in [0.717, 1.165) is 38.4 Å². The molecule has 1 saturated heterocycles.